The molecular formula is C16H32N2. The van der Waals surface area contributed by atoms with E-state index in [1.54, 1.807) is 0 Å². The Morgan fingerprint density at radius 3 is 2.33 bits per heavy atom. The van der Waals surface area contributed by atoms with Gasteiger partial charge in [-0.3, -0.25) is 0 Å². The van der Waals surface area contributed by atoms with Crippen LogP contribution in [0.25, 0.3) is 0 Å². The van der Waals surface area contributed by atoms with E-state index >= 15 is 0 Å². The van der Waals surface area contributed by atoms with Crippen LogP contribution < -0.4 is 5.32 Å². The van der Waals surface area contributed by atoms with Crippen LogP contribution >= 0.6 is 0 Å². The van der Waals surface area contributed by atoms with E-state index in [4.69, 9.17) is 0 Å². The van der Waals surface area contributed by atoms with Crippen LogP contribution in [0.5, 0.6) is 0 Å². The summed E-state index contributed by atoms with van der Waals surface area (Å²) in [4.78, 5) is 2.59. The number of piperidine rings is 1. The molecule has 1 aliphatic carbocycles. The number of hydrogen-bond donors (Lipinski definition) is 1. The first-order valence-corrected chi connectivity index (χ1v) is 8.15. The second-order valence-corrected chi connectivity index (χ2v) is 6.65. The molecule has 0 radical (unpaired) electrons. The molecule has 0 aromatic rings. The molecule has 1 atom stereocenters. The lowest BCUT2D eigenvalue weighted by Gasteiger charge is -2.43. The summed E-state index contributed by atoms with van der Waals surface area (Å²) in [7, 11) is 0. The van der Waals surface area contributed by atoms with Crippen molar-refractivity contribution in [2.75, 3.05) is 26.2 Å². The molecule has 1 aliphatic heterocycles. The number of likely N-dealkylation sites (tertiary alicyclic amines) is 1. The zero-order valence-electron chi connectivity index (χ0n) is 12.7. The van der Waals surface area contributed by atoms with Gasteiger partial charge in [0.15, 0.2) is 0 Å². The van der Waals surface area contributed by atoms with Gasteiger partial charge in [-0.1, -0.05) is 20.3 Å². The summed E-state index contributed by atoms with van der Waals surface area (Å²) in [5.41, 5.74) is 0.665. The van der Waals surface area contributed by atoms with Crippen molar-refractivity contribution in [3.05, 3.63) is 0 Å². The quantitative estimate of drug-likeness (QED) is 0.780. The van der Waals surface area contributed by atoms with Gasteiger partial charge in [0, 0.05) is 12.6 Å². The molecule has 0 bridgehead atoms. The van der Waals surface area contributed by atoms with E-state index in [1.165, 1.54) is 64.7 Å². The molecule has 0 aromatic carbocycles. The van der Waals surface area contributed by atoms with Gasteiger partial charge in [0.1, 0.15) is 0 Å². The number of rotatable bonds is 6. The van der Waals surface area contributed by atoms with E-state index < -0.39 is 0 Å². The van der Waals surface area contributed by atoms with E-state index in [2.05, 4.69) is 31.0 Å². The third-order valence-electron chi connectivity index (χ3n) is 5.75. The highest BCUT2D eigenvalue weighted by Crippen LogP contribution is 2.43. The average molecular weight is 252 g/mol. The summed E-state index contributed by atoms with van der Waals surface area (Å²) in [6.45, 7) is 12.2. The molecule has 0 aromatic heterocycles. The fourth-order valence-corrected chi connectivity index (χ4v) is 3.65. The zero-order valence-corrected chi connectivity index (χ0v) is 12.7. The molecule has 1 N–H and O–H groups in total. The molecule has 106 valence electrons. The van der Waals surface area contributed by atoms with E-state index in [0.717, 1.165) is 5.92 Å². The van der Waals surface area contributed by atoms with E-state index in [9.17, 15) is 0 Å². The van der Waals surface area contributed by atoms with Gasteiger partial charge in [-0.15, -0.1) is 0 Å². The third kappa shape index (κ3) is 3.27. The zero-order chi connectivity index (χ0) is 13.0. The van der Waals surface area contributed by atoms with Crippen LogP contribution in [0.4, 0.5) is 0 Å². The van der Waals surface area contributed by atoms with Gasteiger partial charge < -0.3 is 10.2 Å². The van der Waals surface area contributed by atoms with Gasteiger partial charge in [-0.05, 0) is 70.0 Å². The number of nitrogens with zero attached hydrogens (tertiary/aromatic N) is 1. The predicted octanol–water partition coefficient (Wildman–Crippen LogP) is 3.28. The Hall–Kier alpha value is -0.0800. The Labute approximate surface area is 114 Å². The number of hydrogen-bond acceptors (Lipinski definition) is 2. The van der Waals surface area contributed by atoms with Crippen molar-refractivity contribution in [3.8, 4) is 0 Å². The maximum Gasteiger partial charge on any atom is 0.00681 e. The molecule has 1 saturated heterocycles. The van der Waals surface area contributed by atoms with Gasteiger partial charge in [0.25, 0.3) is 0 Å². The standard InChI is InChI=1S/C16H32N2/c1-4-16(9-6-10-16)13-17-14(3)15-7-11-18(5-2)12-8-15/h14-15,17H,4-13H2,1-3H3. The smallest absolute Gasteiger partial charge is 0.00681 e. The van der Waals surface area contributed by atoms with Crippen molar-refractivity contribution in [2.45, 2.75) is 65.3 Å². The highest BCUT2D eigenvalue weighted by molar-refractivity contribution is 4.90. The average Bonchev–Trinajstić information content (AvgIpc) is 2.38. The minimum absolute atomic E-state index is 0.665. The van der Waals surface area contributed by atoms with Crippen molar-refractivity contribution in [2.24, 2.45) is 11.3 Å². The summed E-state index contributed by atoms with van der Waals surface area (Å²) in [5.74, 6) is 0.904. The van der Waals surface area contributed by atoms with Crippen LogP contribution in [0, 0.1) is 11.3 Å². The second-order valence-electron chi connectivity index (χ2n) is 6.65. The van der Waals surface area contributed by atoms with Gasteiger partial charge in [0.2, 0.25) is 0 Å². The van der Waals surface area contributed by atoms with E-state index in [-0.39, 0.29) is 0 Å². The van der Waals surface area contributed by atoms with Crippen LogP contribution in [-0.4, -0.2) is 37.1 Å². The van der Waals surface area contributed by atoms with E-state index in [1.807, 2.05) is 0 Å². The lowest BCUT2D eigenvalue weighted by molar-refractivity contribution is 0.106. The predicted molar refractivity (Wildman–Crippen MR) is 78.9 cm³/mol. The lowest BCUT2D eigenvalue weighted by atomic mass is 9.67. The minimum atomic E-state index is 0.665. The molecule has 1 saturated carbocycles. The highest BCUT2D eigenvalue weighted by atomic mass is 15.1. The Morgan fingerprint density at radius 2 is 1.89 bits per heavy atom. The molecule has 2 rings (SSSR count). The van der Waals surface area contributed by atoms with Crippen molar-refractivity contribution < 1.29 is 0 Å². The van der Waals surface area contributed by atoms with Crippen molar-refractivity contribution >= 4 is 0 Å². The Morgan fingerprint density at radius 1 is 1.22 bits per heavy atom. The molecule has 0 spiro atoms. The number of nitrogens with one attached hydrogen (secondary N) is 1. The molecule has 2 aliphatic rings. The van der Waals surface area contributed by atoms with Gasteiger partial charge in [0.05, 0.1) is 0 Å². The third-order valence-corrected chi connectivity index (χ3v) is 5.75. The molecule has 18 heavy (non-hydrogen) atoms. The topological polar surface area (TPSA) is 15.3 Å². The summed E-state index contributed by atoms with van der Waals surface area (Å²) in [6, 6.07) is 0.716. The van der Waals surface area contributed by atoms with Crippen LogP contribution in [-0.2, 0) is 0 Å². The summed E-state index contributed by atoms with van der Waals surface area (Å²) < 4.78 is 0. The van der Waals surface area contributed by atoms with Gasteiger partial charge >= 0.3 is 0 Å². The molecule has 2 heteroatoms. The van der Waals surface area contributed by atoms with Crippen molar-refractivity contribution in [1.29, 1.82) is 0 Å². The molecule has 0 amide bonds. The normalized spacial score (nSPS) is 26.8. The van der Waals surface area contributed by atoms with Crippen molar-refractivity contribution in [1.82, 2.24) is 10.2 Å². The van der Waals surface area contributed by atoms with Gasteiger partial charge in [-0.2, -0.15) is 0 Å². The largest absolute Gasteiger partial charge is 0.313 e. The lowest BCUT2D eigenvalue weighted by Crippen LogP contribution is -2.47. The summed E-state index contributed by atoms with van der Waals surface area (Å²) in [5, 5.41) is 3.86. The van der Waals surface area contributed by atoms with Gasteiger partial charge in [-0.25, -0.2) is 0 Å². The van der Waals surface area contributed by atoms with Crippen LogP contribution in [0.15, 0.2) is 0 Å². The molecule has 1 heterocycles. The second kappa shape index (κ2) is 6.38. The monoisotopic (exact) mass is 252 g/mol. The Balaban J connectivity index is 1.70. The fraction of sp³-hybridized carbons (Fsp3) is 1.00. The SMILES string of the molecule is CCN1CCC(C(C)NCC2(CC)CCC2)CC1. The Bertz CT molecular complexity index is 234. The summed E-state index contributed by atoms with van der Waals surface area (Å²) >= 11 is 0. The molecule has 1 unspecified atom stereocenters. The maximum absolute atomic E-state index is 3.86. The molecule has 2 nitrogen and oxygen atoms in total. The fourth-order valence-electron chi connectivity index (χ4n) is 3.65. The first-order chi connectivity index (χ1) is 8.69. The van der Waals surface area contributed by atoms with Crippen LogP contribution in [0.3, 0.4) is 0 Å². The summed E-state index contributed by atoms with van der Waals surface area (Å²) in [6.07, 6.45) is 8.51. The first kappa shape index (κ1) is 14.3. The van der Waals surface area contributed by atoms with Crippen molar-refractivity contribution in [3.63, 3.8) is 0 Å². The molecular weight excluding hydrogens is 220 g/mol. The maximum atomic E-state index is 3.86. The van der Waals surface area contributed by atoms with E-state index in [0.29, 0.717) is 11.5 Å². The minimum Gasteiger partial charge on any atom is -0.313 e. The van der Waals surface area contributed by atoms with Crippen LogP contribution in [0.2, 0.25) is 0 Å². The first-order valence-electron chi connectivity index (χ1n) is 8.15. The van der Waals surface area contributed by atoms with Crippen LogP contribution in [0.1, 0.15) is 59.3 Å². The highest BCUT2D eigenvalue weighted by Gasteiger charge is 2.35. The Kier molecular flexibility index (Phi) is 5.08. The molecule has 2 fully saturated rings.